The molecule has 0 aliphatic heterocycles. The average Bonchev–Trinajstić information content (AvgIpc) is 3.01. The number of aliphatic imine (C=N–C) groups is 1. The van der Waals surface area contributed by atoms with E-state index in [1.807, 2.05) is 6.92 Å². The third kappa shape index (κ3) is 9.61. The average molecular weight is 357 g/mol. The highest BCUT2D eigenvalue weighted by molar-refractivity contribution is 14.0. The van der Waals surface area contributed by atoms with Crippen molar-refractivity contribution in [2.45, 2.75) is 25.8 Å². The van der Waals surface area contributed by atoms with Crippen LogP contribution in [0.3, 0.4) is 0 Å². The smallest absolute Gasteiger partial charge is 0.188 e. The highest BCUT2D eigenvalue weighted by Crippen LogP contribution is 2.28. The van der Waals surface area contributed by atoms with Crippen LogP contribution < -0.4 is 11.1 Å². The molecule has 0 saturated heterocycles. The molecule has 17 heavy (non-hydrogen) atoms. The summed E-state index contributed by atoms with van der Waals surface area (Å²) in [5.74, 6) is 1.26. The molecule has 1 saturated carbocycles. The fraction of sp³-hybridized carbons (Fsp3) is 0.909. The third-order valence-corrected chi connectivity index (χ3v) is 2.38. The highest BCUT2D eigenvalue weighted by Gasteiger charge is 2.20. The van der Waals surface area contributed by atoms with Crippen LogP contribution in [0.5, 0.6) is 0 Å². The van der Waals surface area contributed by atoms with Crippen molar-refractivity contribution >= 4 is 29.9 Å². The second kappa shape index (κ2) is 9.90. The summed E-state index contributed by atoms with van der Waals surface area (Å²) < 4.78 is 10.4. The van der Waals surface area contributed by atoms with Crippen LogP contribution in [0, 0.1) is 5.92 Å². The van der Waals surface area contributed by atoms with Gasteiger partial charge in [-0.25, -0.2) is 0 Å². The second-order valence-corrected chi connectivity index (χ2v) is 4.29. The molecule has 1 aliphatic carbocycles. The molecule has 1 unspecified atom stereocenters. The maximum absolute atomic E-state index is 5.69. The van der Waals surface area contributed by atoms with Gasteiger partial charge < -0.3 is 20.5 Å². The van der Waals surface area contributed by atoms with Crippen molar-refractivity contribution in [2.75, 3.05) is 33.5 Å². The molecule has 0 aromatic rings. The standard InChI is InChI=1S/C11H23N3O2.HI/c1-9(7-15-2)14-11(12)13-5-6-16-8-10-3-4-10;/h9-10H,3-8H2,1-2H3,(H3,12,13,14);1H. The van der Waals surface area contributed by atoms with Crippen molar-refractivity contribution in [2.24, 2.45) is 16.6 Å². The van der Waals surface area contributed by atoms with Gasteiger partial charge in [0.2, 0.25) is 0 Å². The van der Waals surface area contributed by atoms with Crippen molar-refractivity contribution in [3.8, 4) is 0 Å². The number of methoxy groups -OCH3 is 1. The van der Waals surface area contributed by atoms with E-state index in [1.165, 1.54) is 12.8 Å². The maximum Gasteiger partial charge on any atom is 0.188 e. The predicted octanol–water partition coefficient (Wildman–Crippen LogP) is 0.970. The van der Waals surface area contributed by atoms with Crippen LogP contribution in [-0.4, -0.2) is 45.5 Å². The lowest BCUT2D eigenvalue weighted by atomic mass is 10.4. The van der Waals surface area contributed by atoms with Gasteiger partial charge in [-0.3, -0.25) is 4.99 Å². The van der Waals surface area contributed by atoms with Crippen LogP contribution in [0.1, 0.15) is 19.8 Å². The molecule has 3 N–H and O–H groups in total. The minimum absolute atomic E-state index is 0. The molecular formula is C11H24IN3O2. The van der Waals surface area contributed by atoms with Crippen molar-refractivity contribution in [3.05, 3.63) is 0 Å². The Labute approximate surface area is 121 Å². The first kappa shape index (κ1) is 16.9. The number of ether oxygens (including phenoxy) is 2. The number of nitrogens with zero attached hydrogens (tertiary/aromatic N) is 1. The summed E-state index contributed by atoms with van der Waals surface area (Å²) in [6.07, 6.45) is 2.64. The molecule has 0 heterocycles. The van der Waals surface area contributed by atoms with Crippen molar-refractivity contribution in [3.63, 3.8) is 0 Å². The van der Waals surface area contributed by atoms with Crippen LogP contribution in [0.2, 0.25) is 0 Å². The summed E-state index contributed by atoms with van der Waals surface area (Å²) in [7, 11) is 1.66. The first-order valence-electron chi connectivity index (χ1n) is 5.85. The largest absolute Gasteiger partial charge is 0.383 e. The number of rotatable bonds is 8. The summed E-state index contributed by atoms with van der Waals surface area (Å²) >= 11 is 0. The van der Waals surface area contributed by atoms with E-state index in [-0.39, 0.29) is 30.0 Å². The number of hydrogen-bond acceptors (Lipinski definition) is 3. The van der Waals surface area contributed by atoms with E-state index in [0.717, 1.165) is 12.5 Å². The summed E-state index contributed by atoms with van der Waals surface area (Å²) in [4.78, 5) is 4.17. The Hall–Kier alpha value is -0.0800. The summed E-state index contributed by atoms with van der Waals surface area (Å²) in [6.45, 7) is 4.76. The second-order valence-electron chi connectivity index (χ2n) is 4.29. The van der Waals surface area contributed by atoms with Gasteiger partial charge in [-0.15, -0.1) is 24.0 Å². The summed E-state index contributed by atoms with van der Waals surface area (Å²) in [6, 6.07) is 0.182. The zero-order valence-electron chi connectivity index (χ0n) is 10.6. The molecule has 1 fully saturated rings. The molecule has 1 aliphatic rings. The van der Waals surface area contributed by atoms with Crippen LogP contribution >= 0.6 is 24.0 Å². The number of nitrogens with two attached hydrogens (primary N) is 1. The predicted molar refractivity (Wildman–Crippen MR) is 79.9 cm³/mol. The van der Waals surface area contributed by atoms with Crippen molar-refractivity contribution < 1.29 is 9.47 Å². The van der Waals surface area contributed by atoms with Crippen LogP contribution in [0.15, 0.2) is 4.99 Å². The Morgan fingerprint density at radius 3 is 2.82 bits per heavy atom. The van der Waals surface area contributed by atoms with Crippen molar-refractivity contribution in [1.82, 2.24) is 5.32 Å². The Morgan fingerprint density at radius 1 is 1.53 bits per heavy atom. The monoisotopic (exact) mass is 357 g/mol. The van der Waals surface area contributed by atoms with E-state index in [4.69, 9.17) is 15.2 Å². The first-order valence-corrected chi connectivity index (χ1v) is 5.85. The molecule has 1 rings (SSSR count). The van der Waals surface area contributed by atoms with Crippen LogP contribution in [0.25, 0.3) is 0 Å². The summed E-state index contributed by atoms with van der Waals surface area (Å²) in [5.41, 5.74) is 5.69. The number of halogens is 1. The molecular weight excluding hydrogens is 333 g/mol. The molecule has 0 aromatic carbocycles. The van der Waals surface area contributed by atoms with E-state index < -0.39 is 0 Å². The molecule has 0 radical (unpaired) electrons. The normalized spacial score (nSPS) is 17.4. The van der Waals surface area contributed by atoms with Gasteiger partial charge in [-0.2, -0.15) is 0 Å². The Morgan fingerprint density at radius 2 is 2.24 bits per heavy atom. The van der Waals surface area contributed by atoms with Gasteiger partial charge in [0.1, 0.15) is 0 Å². The fourth-order valence-corrected chi connectivity index (χ4v) is 1.35. The van der Waals surface area contributed by atoms with Gasteiger partial charge in [0.15, 0.2) is 5.96 Å². The van der Waals surface area contributed by atoms with Gasteiger partial charge in [-0.05, 0) is 25.7 Å². The van der Waals surface area contributed by atoms with Gasteiger partial charge in [-0.1, -0.05) is 0 Å². The van der Waals surface area contributed by atoms with E-state index >= 15 is 0 Å². The SMILES string of the molecule is COCC(C)NC(N)=NCCOCC1CC1.I. The molecule has 0 bridgehead atoms. The molecule has 0 aromatic heterocycles. The third-order valence-electron chi connectivity index (χ3n) is 2.38. The lowest BCUT2D eigenvalue weighted by Gasteiger charge is -2.12. The van der Waals surface area contributed by atoms with E-state index in [9.17, 15) is 0 Å². The van der Waals surface area contributed by atoms with Gasteiger partial charge in [0, 0.05) is 19.8 Å². The summed E-state index contributed by atoms with van der Waals surface area (Å²) in [5, 5.41) is 3.04. The molecule has 102 valence electrons. The van der Waals surface area contributed by atoms with E-state index in [2.05, 4.69) is 10.3 Å². The quantitative estimate of drug-likeness (QED) is 0.294. The van der Waals surface area contributed by atoms with Crippen LogP contribution in [0.4, 0.5) is 0 Å². The minimum atomic E-state index is 0. The zero-order valence-corrected chi connectivity index (χ0v) is 13.0. The van der Waals surface area contributed by atoms with E-state index in [1.54, 1.807) is 7.11 Å². The lowest BCUT2D eigenvalue weighted by Crippen LogP contribution is -2.40. The number of nitrogens with one attached hydrogen (secondary N) is 1. The highest BCUT2D eigenvalue weighted by atomic mass is 127. The van der Waals surface area contributed by atoms with Crippen LogP contribution in [-0.2, 0) is 9.47 Å². The van der Waals surface area contributed by atoms with Gasteiger partial charge in [0.25, 0.3) is 0 Å². The van der Waals surface area contributed by atoms with Crippen molar-refractivity contribution in [1.29, 1.82) is 0 Å². The molecule has 0 spiro atoms. The molecule has 5 nitrogen and oxygen atoms in total. The Balaban J connectivity index is 0.00000256. The first-order chi connectivity index (χ1) is 7.72. The molecule has 0 amide bonds. The number of hydrogen-bond donors (Lipinski definition) is 2. The zero-order chi connectivity index (χ0) is 11.8. The van der Waals surface area contributed by atoms with Gasteiger partial charge >= 0.3 is 0 Å². The Kier molecular flexibility index (Phi) is 9.85. The van der Waals surface area contributed by atoms with Gasteiger partial charge in [0.05, 0.1) is 19.8 Å². The Bertz CT molecular complexity index is 223. The maximum atomic E-state index is 5.69. The van der Waals surface area contributed by atoms with E-state index in [0.29, 0.717) is 25.7 Å². The topological polar surface area (TPSA) is 68.9 Å². The molecule has 6 heteroatoms. The number of guanidine groups is 1. The lowest BCUT2D eigenvalue weighted by molar-refractivity contribution is 0.131. The minimum Gasteiger partial charge on any atom is -0.383 e. The fourth-order valence-electron chi connectivity index (χ4n) is 1.35. The molecule has 1 atom stereocenters.